The number of aryl methyl sites for hydroxylation is 2. The maximum Gasteiger partial charge on any atom is 0.335 e. The summed E-state index contributed by atoms with van der Waals surface area (Å²) in [6.07, 6.45) is -10.1. The SMILES string of the molecule is [2H]C([2H])(Oc1ccc(CC2SC(=O)N([C@@H]3O[C@H](C(=O)O)[C@@H](O)[C@H](O)[C@H]3O)C2=O)cc1)C([2H])([2H])c1ccc(CC)cn1. The molecule has 0 saturated carbocycles. The zero-order chi connectivity index (χ0) is 30.3. The van der Waals surface area contributed by atoms with E-state index in [-0.39, 0.29) is 17.9 Å². The Morgan fingerprint density at radius 1 is 1.11 bits per heavy atom. The summed E-state index contributed by atoms with van der Waals surface area (Å²) < 4.78 is 43.5. The highest BCUT2D eigenvalue weighted by Crippen LogP contribution is 2.35. The highest BCUT2D eigenvalue weighted by Gasteiger charge is 2.54. The minimum atomic E-state index is -2.80. The first kappa shape index (κ1) is 22.0. The van der Waals surface area contributed by atoms with Crippen molar-refractivity contribution in [2.45, 2.75) is 62.0 Å². The Morgan fingerprint density at radius 2 is 1.81 bits per heavy atom. The van der Waals surface area contributed by atoms with Gasteiger partial charge in [0.15, 0.2) is 12.3 Å². The molecule has 37 heavy (non-hydrogen) atoms. The molecule has 1 aromatic heterocycles. The standard InChI is InChI=1S/C25H28N2O9S/c1-2-13-3-6-15(26-12-13)9-10-35-16-7-4-14(5-8-16)11-17-22(31)27(25(34)37-17)23-20(30)18(28)19(29)21(36-23)24(32)33/h3-8,12,17-21,23,28-30H,2,9-11H2,1H3,(H,32,33)/t17?,18-,19-,20+,21-,23+/m0/s1/i9D2,10D2. The second kappa shape index (κ2) is 11.6. The van der Waals surface area contributed by atoms with Gasteiger partial charge in [0.1, 0.15) is 24.1 Å². The van der Waals surface area contributed by atoms with E-state index < -0.39 is 65.9 Å². The third kappa shape index (κ3) is 5.94. The van der Waals surface area contributed by atoms with E-state index in [1.165, 1.54) is 36.5 Å². The highest BCUT2D eigenvalue weighted by molar-refractivity contribution is 8.15. The van der Waals surface area contributed by atoms with Crippen LogP contribution in [0.5, 0.6) is 5.75 Å². The predicted octanol–water partition coefficient (Wildman–Crippen LogP) is 0.764. The summed E-state index contributed by atoms with van der Waals surface area (Å²) in [6.45, 7) is -0.887. The second-order valence-electron chi connectivity index (χ2n) is 8.42. The lowest BCUT2D eigenvalue weighted by Gasteiger charge is -2.41. The number of nitrogens with zero attached hydrogens (tertiary/aromatic N) is 2. The molecule has 2 aliphatic heterocycles. The first-order chi connectivity index (χ1) is 19.2. The number of aromatic nitrogens is 1. The lowest BCUT2D eigenvalue weighted by Crippen LogP contribution is -2.65. The first-order valence-corrected chi connectivity index (χ1v) is 12.3. The molecule has 12 heteroatoms. The van der Waals surface area contributed by atoms with Gasteiger partial charge >= 0.3 is 5.97 Å². The minimum Gasteiger partial charge on any atom is -0.493 e. The lowest BCUT2D eigenvalue weighted by atomic mass is 9.97. The zero-order valence-corrected chi connectivity index (χ0v) is 20.4. The third-order valence-electron chi connectivity index (χ3n) is 5.96. The van der Waals surface area contributed by atoms with Gasteiger partial charge in [-0.25, -0.2) is 9.69 Å². The van der Waals surface area contributed by atoms with Gasteiger partial charge in [0.25, 0.3) is 5.24 Å². The number of amides is 2. The molecular weight excluding hydrogens is 504 g/mol. The Bertz CT molecular complexity index is 1300. The van der Waals surface area contributed by atoms with Crippen LogP contribution in [0.25, 0.3) is 0 Å². The summed E-state index contributed by atoms with van der Waals surface area (Å²) in [6, 6.07) is 8.83. The maximum atomic E-state index is 13.0. The third-order valence-corrected chi connectivity index (χ3v) is 7.02. The van der Waals surface area contributed by atoms with Gasteiger partial charge in [-0.05, 0) is 42.2 Å². The van der Waals surface area contributed by atoms with Crippen molar-refractivity contribution in [3.8, 4) is 5.75 Å². The molecule has 0 bridgehead atoms. The van der Waals surface area contributed by atoms with Crippen molar-refractivity contribution in [3.63, 3.8) is 0 Å². The van der Waals surface area contributed by atoms with Crippen LogP contribution in [0.3, 0.4) is 0 Å². The minimum absolute atomic E-state index is 0.00175. The molecule has 0 aliphatic carbocycles. The van der Waals surface area contributed by atoms with Crippen molar-refractivity contribution in [2.75, 3.05) is 6.56 Å². The molecule has 4 N–H and O–H groups in total. The molecule has 2 aromatic rings. The lowest BCUT2D eigenvalue weighted by molar-refractivity contribution is -0.249. The molecule has 0 spiro atoms. The number of hydrogen-bond acceptors (Lipinski definition) is 10. The predicted molar refractivity (Wildman–Crippen MR) is 131 cm³/mol. The van der Waals surface area contributed by atoms with Crippen LogP contribution in [0, 0.1) is 0 Å². The molecule has 0 radical (unpaired) electrons. The van der Waals surface area contributed by atoms with Gasteiger partial charge in [0.05, 0.1) is 14.6 Å². The monoisotopic (exact) mass is 536 g/mol. The van der Waals surface area contributed by atoms with Crippen LogP contribution in [-0.4, -0.2) is 89.9 Å². The van der Waals surface area contributed by atoms with E-state index in [4.69, 9.17) is 15.0 Å². The molecule has 6 atom stereocenters. The van der Waals surface area contributed by atoms with Crippen molar-refractivity contribution in [2.24, 2.45) is 0 Å². The quantitative estimate of drug-likeness (QED) is 0.357. The Labute approximate surface area is 222 Å². The molecule has 1 aromatic carbocycles. The van der Waals surface area contributed by atoms with Gasteiger partial charge in [0.2, 0.25) is 5.91 Å². The Hall–Kier alpha value is -3.03. The molecule has 11 nitrogen and oxygen atoms in total. The van der Waals surface area contributed by atoms with Gasteiger partial charge < -0.3 is 29.9 Å². The van der Waals surface area contributed by atoms with Crippen molar-refractivity contribution < 1.29 is 49.8 Å². The molecule has 2 fully saturated rings. The molecule has 198 valence electrons. The number of thioether (sulfide) groups is 1. The average molecular weight is 537 g/mol. The van der Waals surface area contributed by atoms with Crippen molar-refractivity contribution in [1.29, 1.82) is 0 Å². The van der Waals surface area contributed by atoms with Gasteiger partial charge in [-0.1, -0.05) is 36.9 Å². The van der Waals surface area contributed by atoms with Gasteiger partial charge in [-0.3, -0.25) is 14.6 Å². The molecular formula is C25H28N2O9S. The summed E-state index contributed by atoms with van der Waals surface area (Å²) in [5.74, 6) is -2.45. The molecule has 2 saturated heterocycles. The average Bonchev–Trinajstić information content (AvgIpc) is 3.20. The van der Waals surface area contributed by atoms with E-state index >= 15 is 0 Å². The molecule has 2 amide bonds. The number of aliphatic carboxylic acids is 1. The maximum absolute atomic E-state index is 13.0. The fourth-order valence-electron chi connectivity index (χ4n) is 3.86. The van der Waals surface area contributed by atoms with Gasteiger partial charge in [0, 0.05) is 21.0 Å². The van der Waals surface area contributed by atoms with Crippen LogP contribution >= 0.6 is 11.8 Å². The number of aliphatic hydroxyl groups is 3. The Morgan fingerprint density at radius 3 is 2.43 bits per heavy atom. The number of rotatable bonds is 9. The largest absolute Gasteiger partial charge is 0.493 e. The topological polar surface area (TPSA) is 167 Å². The van der Waals surface area contributed by atoms with Crippen LogP contribution < -0.4 is 4.74 Å². The van der Waals surface area contributed by atoms with E-state index in [0.29, 0.717) is 28.6 Å². The smallest absolute Gasteiger partial charge is 0.335 e. The number of carboxylic acids is 1. The van der Waals surface area contributed by atoms with E-state index in [0.717, 1.165) is 5.56 Å². The Balaban J connectivity index is 1.43. The van der Waals surface area contributed by atoms with Crippen molar-refractivity contribution in [1.82, 2.24) is 9.88 Å². The van der Waals surface area contributed by atoms with Crippen LogP contribution in [0.15, 0.2) is 42.6 Å². The molecule has 3 heterocycles. The molecule has 1 unspecified atom stereocenters. The van der Waals surface area contributed by atoms with Crippen LogP contribution in [-0.2, 0) is 33.5 Å². The fraction of sp³-hybridized carbons (Fsp3) is 0.440. The van der Waals surface area contributed by atoms with Crippen molar-refractivity contribution >= 4 is 28.9 Å². The number of pyridine rings is 1. The summed E-state index contributed by atoms with van der Waals surface area (Å²) in [5, 5.41) is 37.6. The van der Waals surface area contributed by atoms with E-state index in [2.05, 4.69) is 4.98 Å². The van der Waals surface area contributed by atoms with Gasteiger partial charge in [-0.2, -0.15) is 0 Å². The number of carboxylic acid groups (broad SMARTS) is 1. The van der Waals surface area contributed by atoms with Crippen molar-refractivity contribution in [3.05, 3.63) is 59.4 Å². The summed E-state index contributed by atoms with van der Waals surface area (Å²) in [4.78, 5) is 41.6. The first-order valence-electron chi connectivity index (χ1n) is 13.4. The van der Waals surface area contributed by atoms with Crippen LogP contribution in [0.2, 0.25) is 0 Å². The zero-order valence-electron chi connectivity index (χ0n) is 23.6. The fourth-order valence-corrected chi connectivity index (χ4v) is 4.90. The van der Waals surface area contributed by atoms with Gasteiger partial charge in [-0.15, -0.1) is 0 Å². The highest BCUT2D eigenvalue weighted by atomic mass is 32.2. The second-order valence-corrected chi connectivity index (χ2v) is 9.57. The number of carbonyl (C=O) groups excluding carboxylic acids is 2. The summed E-state index contributed by atoms with van der Waals surface area (Å²) >= 11 is 0.609. The number of carbonyl (C=O) groups is 3. The summed E-state index contributed by atoms with van der Waals surface area (Å²) in [7, 11) is 0. The number of imide groups is 1. The van der Waals surface area contributed by atoms with E-state index in [1.54, 1.807) is 6.07 Å². The van der Waals surface area contributed by atoms with E-state index in [9.17, 15) is 34.8 Å². The number of benzene rings is 1. The Kier molecular flexibility index (Phi) is 6.88. The number of aliphatic hydroxyl groups excluding tert-OH is 3. The van der Waals surface area contributed by atoms with Crippen LogP contribution in [0.1, 0.15) is 29.2 Å². The van der Waals surface area contributed by atoms with Crippen LogP contribution in [0.4, 0.5) is 4.79 Å². The molecule has 2 aliphatic rings. The molecule has 4 rings (SSSR count). The number of ether oxygens (including phenoxy) is 2. The number of hydrogen-bond donors (Lipinski definition) is 4. The van der Waals surface area contributed by atoms with E-state index in [1.807, 2.05) is 6.92 Å². The normalized spacial score (nSPS) is 30.3. The summed E-state index contributed by atoms with van der Waals surface area (Å²) in [5.41, 5.74) is 1.27.